The summed E-state index contributed by atoms with van der Waals surface area (Å²) < 4.78 is 0. The Morgan fingerprint density at radius 3 is 2.28 bits per heavy atom. The van der Waals surface area contributed by atoms with E-state index in [9.17, 15) is 9.90 Å². The quantitative estimate of drug-likeness (QED) is 0.457. The van der Waals surface area contributed by atoms with Gasteiger partial charge in [0.1, 0.15) is 22.8 Å². The van der Waals surface area contributed by atoms with Gasteiger partial charge in [0.25, 0.3) is 5.91 Å². The number of aliphatic hydroxyl groups is 1. The van der Waals surface area contributed by atoms with E-state index in [1.54, 1.807) is 32.0 Å². The SMILES string of the molecule is CC.CC.CSc1ncc(C(=O)NC(C)C)c(Nc2cccc(C(C)(C)O)n2)n1. The summed E-state index contributed by atoms with van der Waals surface area (Å²) in [6.07, 6.45) is 3.36. The van der Waals surface area contributed by atoms with Gasteiger partial charge >= 0.3 is 0 Å². The standard InChI is InChI=1S/C17H23N5O2S.2C2H6/c1-10(2)19-15(23)11-9-18-16(25-5)22-14(11)21-13-8-6-7-12(20-13)17(3,4)24;2*1-2/h6-10,24H,1-5H3,(H,19,23)(H,18,20,21,22);2*1-2H3. The van der Waals surface area contributed by atoms with Gasteiger partial charge in [-0.2, -0.15) is 0 Å². The predicted molar refractivity (Wildman–Crippen MR) is 122 cm³/mol. The van der Waals surface area contributed by atoms with Gasteiger partial charge in [0, 0.05) is 12.2 Å². The molecule has 0 atom stereocenters. The fourth-order valence-corrected chi connectivity index (χ4v) is 2.37. The van der Waals surface area contributed by atoms with E-state index in [2.05, 4.69) is 25.6 Å². The molecule has 7 nitrogen and oxygen atoms in total. The first kappa shape index (κ1) is 26.8. The fourth-order valence-electron chi connectivity index (χ4n) is 2.03. The second-order valence-corrected chi connectivity index (χ2v) is 7.11. The Balaban J connectivity index is 0.00000184. The normalized spacial score (nSPS) is 10.3. The summed E-state index contributed by atoms with van der Waals surface area (Å²) in [5.74, 6) is 0.602. The lowest BCUT2D eigenvalue weighted by molar-refractivity contribution is 0.0740. The molecule has 0 bridgehead atoms. The number of amides is 1. The van der Waals surface area contributed by atoms with Gasteiger partial charge in [-0.05, 0) is 46.1 Å². The molecule has 2 heterocycles. The number of anilines is 2. The summed E-state index contributed by atoms with van der Waals surface area (Å²) in [4.78, 5) is 25.3. The van der Waals surface area contributed by atoms with Gasteiger partial charge < -0.3 is 15.7 Å². The number of rotatable bonds is 6. The van der Waals surface area contributed by atoms with Crippen molar-refractivity contribution in [1.82, 2.24) is 20.3 Å². The molecule has 0 aliphatic heterocycles. The average Bonchev–Trinajstić information content (AvgIpc) is 2.70. The van der Waals surface area contributed by atoms with Crippen LogP contribution in [0.4, 0.5) is 11.6 Å². The maximum absolute atomic E-state index is 12.4. The van der Waals surface area contributed by atoms with E-state index >= 15 is 0 Å². The number of nitrogens with one attached hydrogen (secondary N) is 2. The molecule has 0 aromatic carbocycles. The van der Waals surface area contributed by atoms with Gasteiger partial charge in [0.05, 0.1) is 5.69 Å². The first-order valence-corrected chi connectivity index (χ1v) is 11.1. The first-order chi connectivity index (χ1) is 13.7. The van der Waals surface area contributed by atoms with Crippen LogP contribution in [0.3, 0.4) is 0 Å². The number of pyridine rings is 1. The topological polar surface area (TPSA) is 100 Å². The molecule has 0 radical (unpaired) electrons. The highest BCUT2D eigenvalue weighted by Gasteiger charge is 2.19. The summed E-state index contributed by atoms with van der Waals surface area (Å²) >= 11 is 1.38. The highest BCUT2D eigenvalue weighted by Crippen LogP contribution is 2.23. The minimum Gasteiger partial charge on any atom is -0.384 e. The fraction of sp³-hybridized carbons (Fsp3) is 0.524. The molecular formula is C21H35N5O2S. The first-order valence-electron chi connectivity index (χ1n) is 9.89. The largest absolute Gasteiger partial charge is 0.384 e. The number of nitrogens with zero attached hydrogens (tertiary/aromatic N) is 3. The zero-order chi connectivity index (χ0) is 22.6. The third-order valence-corrected chi connectivity index (χ3v) is 3.80. The summed E-state index contributed by atoms with van der Waals surface area (Å²) in [5.41, 5.74) is -0.210. The summed E-state index contributed by atoms with van der Waals surface area (Å²) in [5, 5.41) is 16.6. The maximum atomic E-state index is 12.4. The lowest BCUT2D eigenvalue weighted by Crippen LogP contribution is -2.31. The van der Waals surface area contributed by atoms with Crippen molar-refractivity contribution in [3.63, 3.8) is 0 Å². The van der Waals surface area contributed by atoms with Gasteiger partial charge in [-0.1, -0.05) is 45.5 Å². The van der Waals surface area contributed by atoms with Gasteiger partial charge in [0.15, 0.2) is 5.16 Å². The van der Waals surface area contributed by atoms with E-state index in [0.717, 1.165) is 0 Å². The monoisotopic (exact) mass is 421 g/mol. The maximum Gasteiger partial charge on any atom is 0.256 e. The third kappa shape index (κ3) is 8.79. The van der Waals surface area contributed by atoms with Crippen LogP contribution in [0.15, 0.2) is 29.6 Å². The van der Waals surface area contributed by atoms with Crippen LogP contribution in [0.2, 0.25) is 0 Å². The summed E-state index contributed by atoms with van der Waals surface area (Å²) in [7, 11) is 0. The van der Waals surface area contributed by atoms with Crippen molar-refractivity contribution in [2.75, 3.05) is 11.6 Å². The van der Waals surface area contributed by atoms with Gasteiger partial charge in [0.2, 0.25) is 0 Å². The number of thioether (sulfide) groups is 1. The van der Waals surface area contributed by atoms with E-state index in [4.69, 9.17) is 0 Å². The van der Waals surface area contributed by atoms with Crippen molar-refractivity contribution in [1.29, 1.82) is 0 Å². The van der Waals surface area contributed by atoms with Crippen LogP contribution in [0, 0.1) is 0 Å². The molecule has 0 unspecified atom stereocenters. The third-order valence-electron chi connectivity index (χ3n) is 3.24. The molecule has 1 amide bonds. The van der Waals surface area contributed by atoms with Crippen molar-refractivity contribution in [3.05, 3.63) is 35.7 Å². The number of carbonyl (C=O) groups is 1. The number of hydrogen-bond donors (Lipinski definition) is 3. The summed E-state index contributed by atoms with van der Waals surface area (Å²) in [6, 6.07) is 5.27. The number of carbonyl (C=O) groups excluding carboxylic acids is 1. The van der Waals surface area contributed by atoms with Gasteiger partial charge in [-0.15, -0.1) is 0 Å². The minimum atomic E-state index is -1.06. The van der Waals surface area contributed by atoms with E-state index < -0.39 is 5.60 Å². The second kappa shape index (κ2) is 13.1. The Hall–Kier alpha value is -2.19. The molecule has 162 valence electrons. The Kier molecular flexibility index (Phi) is 12.1. The molecule has 0 spiro atoms. The Bertz CT molecular complexity index is 761. The van der Waals surface area contributed by atoms with Crippen molar-refractivity contribution in [2.24, 2.45) is 0 Å². The van der Waals surface area contributed by atoms with Crippen LogP contribution in [0.5, 0.6) is 0 Å². The zero-order valence-corrected chi connectivity index (χ0v) is 19.8. The van der Waals surface area contributed by atoms with Crippen LogP contribution in [-0.2, 0) is 5.60 Å². The van der Waals surface area contributed by atoms with Crippen molar-refractivity contribution < 1.29 is 9.90 Å². The minimum absolute atomic E-state index is 0.00258. The molecule has 2 aromatic heterocycles. The molecule has 0 saturated heterocycles. The molecule has 0 aliphatic carbocycles. The number of hydrogen-bond acceptors (Lipinski definition) is 7. The van der Waals surface area contributed by atoms with Gasteiger partial charge in [-0.3, -0.25) is 4.79 Å². The highest BCUT2D eigenvalue weighted by atomic mass is 32.2. The predicted octanol–water partition coefficient (Wildman–Crippen LogP) is 4.76. The molecule has 2 rings (SSSR count). The lowest BCUT2D eigenvalue weighted by atomic mass is 10.1. The van der Waals surface area contributed by atoms with E-state index in [1.165, 1.54) is 18.0 Å². The molecule has 8 heteroatoms. The second-order valence-electron chi connectivity index (χ2n) is 6.34. The van der Waals surface area contributed by atoms with Crippen LogP contribution >= 0.6 is 11.8 Å². The Morgan fingerprint density at radius 1 is 1.14 bits per heavy atom. The number of aromatic nitrogens is 3. The smallest absolute Gasteiger partial charge is 0.256 e. The Labute approximate surface area is 179 Å². The van der Waals surface area contributed by atoms with Crippen molar-refractivity contribution >= 4 is 29.3 Å². The molecule has 0 aliphatic rings. The highest BCUT2D eigenvalue weighted by molar-refractivity contribution is 7.98. The van der Waals surface area contributed by atoms with E-state index in [-0.39, 0.29) is 11.9 Å². The molecule has 3 N–H and O–H groups in total. The zero-order valence-electron chi connectivity index (χ0n) is 19.0. The average molecular weight is 422 g/mol. The molecule has 2 aromatic rings. The van der Waals surface area contributed by atoms with Crippen LogP contribution in [0.1, 0.15) is 71.4 Å². The van der Waals surface area contributed by atoms with Crippen molar-refractivity contribution in [2.45, 2.75) is 72.2 Å². The molecule has 0 saturated carbocycles. The molecular weight excluding hydrogens is 386 g/mol. The van der Waals surface area contributed by atoms with Crippen molar-refractivity contribution in [3.8, 4) is 0 Å². The van der Waals surface area contributed by atoms with Crippen LogP contribution < -0.4 is 10.6 Å². The van der Waals surface area contributed by atoms with Crippen LogP contribution in [-0.4, -0.2) is 38.3 Å². The van der Waals surface area contributed by atoms with Gasteiger partial charge in [-0.25, -0.2) is 15.0 Å². The Morgan fingerprint density at radius 2 is 1.76 bits per heavy atom. The van der Waals surface area contributed by atoms with E-state index in [1.807, 2.05) is 47.8 Å². The molecule has 0 fully saturated rings. The lowest BCUT2D eigenvalue weighted by Gasteiger charge is -2.18. The van der Waals surface area contributed by atoms with Crippen LogP contribution in [0.25, 0.3) is 0 Å². The summed E-state index contributed by atoms with van der Waals surface area (Å²) in [6.45, 7) is 15.1. The van der Waals surface area contributed by atoms with E-state index in [0.29, 0.717) is 28.0 Å². The molecule has 29 heavy (non-hydrogen) atoms.